The Morgan fingerprint density at radius 1 is 1.04 bits per heavy atom. The van der Waals surface area contributed by atoms with E-state index >= 15 is 0 Å². The van der Waals surface area contributed by atoms with Crippen molar-refractivity contribution in [2.45, 2.75) is 15.0 Å². The molecule has 0 N–H and O–H groups in total. The molecule has 0 aliphatic heterocycles. The minimum Gasteiger partial charge on any atom is -0.304 e. The Hall–Kier alpha value is -0.780. The fraction of sp³-hybridized carbons (Fsp3) is 0.154. The van der Waals surface area contributed by atoms with Gasteiger partial charge in [-0.1, -0.05) is 58.2 Å². The van der Waals surface area contributed by atoms with Gasteiger partial charge in [0, 0.05) is 11.1 Å². The van der Waals surface area contributed by atoms with Gasteiger partial charge in [0.25, 0.3) is 0 Å². The van der Waals surface area contributed by atoms with Crippen molar-refractivity contribution in [1.29, 1.82) is 5.26 Å². The molecule has 0 aliphatic rings. The molecule has 1 heterocycles. The number of aromatic nitrogens is 1. The monoisotopic (exact) mass is 436 g/mol. The average molecular weight is 438 g/mol. The summed E-state index contributed by atoms with van der Waals surface area (Å²) in [6.45, 7) is 0. The molecule has 1 aromatic heterocycles. The van der Waals surface area contributed by atoms with Crippen molar-refractivity contribution in [1.82, 2.24) is 4.57 Å². The molecule has 0 fully saturated rings. The molecular weight excluding hydrogens is 434 g/mol. The molecule has 0 aliphatic carbocycles. The van der Waals surface area contributed by atoms with E-state index in [0.717, 1.165) is 4.57 Å². The zero-order valence-corrected chi connectivity index (χ0v) is 15.0. The maximum Gasteiger partial charge on any atom is 0.416 e. The molecule has 0 spiro atoms. The van der Waals surface area contributed by atoms with Crippen LogP contribution in [-0.4, -0.2) is 8.49 Å². The van der Waals surface area contributed by atoms with Crippen LogP contribution >= 0.6 is 58.2 Å². The van der Waals surface area contributed by atoms with Crippen LogP contribution in [0.2, 0.25) is 10.0 Å². The Bertz CT molecular complexity index is 798. The third kappa shape index (κ3) is 4.44. The predicted octanol–water partition coefficient (Wildman–Crippen LogP) is 6.83. The smallest absolute Gasteiger partial charge is 0.304 e. The van der Waals surface area contributed by atoms with Crippen LogP contribution in [-0.2, 0) is 6.18 Å². The Morgan fingerprint density at radius 2 is 1.58 bits per heavy atom. The fourth-order valence-corrected chi connectivity index (χ4v) is 3.66. The average Bonchev–Trinajstić information content (AvgIpc) is 2.77. The van der Waals surface area contributed by atoms with Gasteiger partial charge in [-0.2, -0.15) is 22.8 Å². The van der Waals surface area contributed by atoms with Crippen molar-refractivity contribution in [3.8, 4) is 11.8 Å². The highest BCUT2D eigenvalue weighted by atomic mass is 35.5. The molecular formula is C13H4Cl4F4N2S. The Morgan fingerprint density at radius 3 is 2.00 bits per heavy atom. The first-order valence-corrected chi connectivity index (χ1v) is 8.20. The van der Waals surface area contributed by atoms with Crippen LogP contribution < -0.4 is 0 Å². The number of nitrogens with zero attached hydrogens (tertiary/aromatic N) is 2. The summed E-state index contributed by atoms with van der Waals surface area (Å²) >= 11 is 22.7. The van der Waals surface area contributed by atoms with Crippen molar-refractivity contribution >= 4 is 58.2 Å². The molecule has 2 nitrogen and oxygen atoms in total. The number of hydrogen-bond donors (Lipinski definition) is 0. The Balaban J connectivity index is 2.59. The van der Waals surface area contributed by atoms with Gasteiger partial charge in [-0.05, 0) is 18.2 Å². The summed E-state index contributed by atoms with van der Waals surface area (Å²) in [4.78, 5) is 0.158. The van der Waals surface area contributed by atoms with Crippen molar-refractivity contribution < 1.29 is 17.6 Å². The molecule has 2 rings (SSSR count). The zero-order chi connectivity index (χ0) is 18.3. The summed E-state index contributed by atoms with van der Waals surface area (Å²) in [7, 11) is 0. The van der Waals surface area contributed by atoms with Gasteiger partial charge in [-0.3, -0.25) is 0 Å². The van der Waals surface area contributed by atoms with Crippen LogP contribution in [0.4, 0.5) is 17.6 Å². The molecule has 11 heteroatoms. The zero-order valence-electron chi connectivity index (χ0n) is 11.1. The lowest BCUT2D eigenvalue weighted by Crippen LogP contribution is -2.07. The lowest BCUT2D eigenvalue weighted by atomic mass is 10.2. The summed E-state index contributed by atoms with van der Waals surface area (Å²) in [6.07, 6.45) is -3.39. The van der Waals surface area contributed by atoms with Gasteiger partial charge in [0.05, 0.1) is 21.3 Å². The third-order valence-corrected chi connectivity index (χ3v) is 4.46. The molecule has 1 aromatic carbocycles. The van der Waals surface area contributed by atoms with Gasteiger partial charge in [0.2, 0.25) is 0 Å². The first-order chi connectivity index (χ1) is 10.9. The predicted molar refractivity (Wildman–Crippen MR) is 86.9 cm³/mol. The van der Waals surface area contributed by atoms with Gasteiger partial charge < -0.3 is 4.57 Å². The highest BCUT2D eigenvalue weighted by Gasteiger charge is 2.32. The van der Waals surface area contributed by atoms with E-state index in [1.54, 1.807) is 6.07 Å². The summed E-state index contributed by atoms with van der Waals surface area (Å²) in [6, 6.07) is 4.40. The van der Waals surface area contributed by atoms with Crippen LogP contribution in [0.5, 0.6) is 0 Å². The largest absolute Gasteiger partial charge is 0.416 e. The summed E-state index contributed by atoms with van der Waals surface area (Å²) in [5.41, 5.74) is -1.13. The molecule has 0 radical (unpaired) electrons. The summed E-state index contributed by atoms with van der Waals surface area (Å²) in [5.74, 6) is 0. The second-order valence-corrected chi connectivity index (χ2v) is 8.11. The van der Waals surface area contributed by atoms with E-state index in [4.69, 9.17) is 51.7 Å². The minimum atomic E-state index is -4.63. The van der Waals surface area contributed by atoms with Crippen LogP contribution in [0.3, 0.4) is 0 Å². The van der Waals surface area contributed by atoms with E-state index in [2.05, 4.69) is 0 Å². The van der Waals surface area contributed by atoms with E-state index < -0.39 is 15.7 Å². The number of benzene rings is 1. The van der Waals surface area contributed by atoms with Crippen LogP contribution in [0.1, 0.15) is 11.3 Å². The molecule has 0 amide bonds. The molecule has 128 valence electrons. The van der Waals surface area contributed by atoms with Gasteiger partial charge in [0.1, 0.15) is 11.8 Å². The lowest BCUT2D eigenvalue weighted by Gasteiger charge is -2.14. The third-order valence-electron chi connectivity index (χ3n) is 2.73. The van der Waals surface area contributed by atoms with Crippen molar-refractivity contribution in [2.24, 2.45) is 0 Å². The molecule has 0 unspecified atom stereocenters. The number of thioether (sulfide) groups is 1. The minimum absolute atomic E-state index is 0.0429. The van der Waals surface area contributed by atoms with Gasteiger partial charge in [-0.25, -0.2) is 0 Å². The van der Waals surface area contributed by atoms with Crippen molar-refractivity contribution in [3.05, 3.63) is 45.7 Å². The summed E-state index contributed by atoms with van der Waals surface area (Å²) in [5, 5.41) is 8.49. The Kier molecular flexibility index (Phi) is 5.58. The fourth-order valence-electron chi connectivity index (χ4n) is 1.86. The number of nitriles is 1. The topological polar surface area (TPSA) is 28.7 Å². The lowest BCUT2D eigenvalue weighted by molar-refractivity contribution is -0.137. The molecule has 24 heavy (non-hydrogen) atoms. The second-order valence-electron chi connectivity index (χ2n) is 4.38. The van der Waals surface area contributed by atoms with Crippen molar-refractivity contribution in [2.75, 3.05) is 0 Å². The molecule has 2 aromatic rings. The highest BCUT2D eigenvalue weighted by Crippen LogP contribution is 2.43. The number of rotatable bonds is 3. The standard InChI is InChI=1S/C13H4Cl4F4N2S/c14-9-1-6(12(18,19)20)2-10(15)11(9)23-5-8(3-7(23)4-22)24-13(16,17)21/h1-3,5H. The normalized spacial score (nSPS) is 12.3. The van der Waals surface area contributed by atoms with E-state index in [0.29, 0.717) is 23.9 Å². The number of alkyl halides is 6. The molecule has 0 saturated heterocycles. The number of halogens is 8. The van der Waals surface area contributed by atoms with E-state index in [-0.39, 0.29) is 26.3 Å². The van der Waals surface area contributed by atoms with Crippen LogP contribution in [0.15, 0.2) is 29.3 Å². The van der Waals surface area contributed by atoms with Crippen molar-refractivity contribution in [3.63, 3.8) is 0 Å². The van der Waals surface area contributed by atoms with Crippen LogP contribution in [0, 0.1) is 11.3 Å². The molecule has 0 bridgehead atoms. The quantitative estimate of drug-likeness (QED) is 0.299. The van der Waals surface area contributed by atoms with Gasteiger partial charge in [-0.15, -0.1) is 0 Å². The molecule has 0 atom stereocenters. The van der Waals surface area contributed by atoms with Crippen LogP contribution in [0.25, 0.3) is 5.69 Å². The molecule has 0 saturated carbocycles. The second kappa shape index (κ2) is 6.85. The van der Waals surface area contributed by atoms with E-state index in [1.165, 1.54) is 12.3 Å². The maximum atomic E-state index is 13.3. The summed E-state index contributed by atoms with van der Waals surface area (Å²) < 4.78 is 50.1. The maximum absolute atomic E-state index is 13.3. The Labute approximate surface area is 157 Å². The van der Waals surface area contributed by atoms with Gasteiger partial charge >= 0.3 is 10.1 Å². The SMILES string of the molecule is N#Cc1cc(SC(F)(Cl)Cl)cn1-c1c(Cl)cc(C(F)(F)F)cc1Cl. The first kappa shape index (κ1) is 19.5. The van der Waals surface area contributed by atoms with Gasteiger partial charge in [0.15, 0.2) is 0 Å². The number of hydrogen-bond acceptors (Lipinski definition) is 2. The first-order valence-electron chi connectivity index (χ1n) is 5.87. The highest BCUT2D eigenvalue weighted by molar-refractivity contribution is 8.03. The van der Waals surface area contributed by atoms with E-state index in [1.807, 2.05) is 0 Å². The van der Waals surface area contributed by atoms with E-state index in [9.17, 15) is 17.6 Å².